The summed E-state index contributed by atoms with van der Waals surface area (Å²) >= 11 is 0. The number of ether oxygens (including phenoxy) is 2. The highest BCUT2D eigenvalue weighted by Gasteiger charge is 2.12. The number of nitro groups is 1. The van der Waals surface area contributed by atoms with Crippen LogP contribution in [0.4, 0.5) is 11.5 Å². The van der Waals surface area contributed by atoms with Crippen LogP contribution in [-0.4, -0.2) is 29.5 Å². The lowest BCUT2D eigenvalue weighted by Gasteiger charge is -2.09. The summed E-state index contributed by atoms with van der Waals surface area (Å²) < 4.78 is 10.7. The van der Waals surface area contributed by atoms with Gasteiger partial charge in [-0.05, 0) is 43.7 Å². The molecule has 1 amide bonds. The van der Waals surface area contributed by atoms with Crippen LogP contribution in [-0.2, 0) is 4.79 Å². The largest absolute Gasteiger partial charge is 0.493 e. The SMILES string of the molecule is CCOc1ccc(/C=C/C(=O)Nc2cc(C)c([N+](=O)[O-])cn2)cc1OC. The van der Waals surface area contributed by atoms with Gasteiger partial charge in [0.25, 0.3) is 5.69 Å². The van der Waals surface area contributed by atoms with Crippen LogP contribution in [0.25, 0.3) is 6.08 Å². The Hall–Kier alpha value is -3.42. The molecule has 0 atom stereocenters. The smallest absolute Gasteiger partial charge is 0.290 e. The summed E-state index contributed by atoms with van der Waals surface area (Å²) in [7, 11) is 1.54. The molecule has 0 saturated heterocycles. The average Bonchev–Trinajstić information content (AvgIpc) is 2.60. The zero-order valence-corrected chi connectivity index (χ0v) is 14.7. The number of benzene rings is 1. The third-order valence-corrected chi connectivity index (χ3v) is 3.45. The Labute approximate surface area is 150 Å². The van der Waals surface area contributed by atoms with E-state index in [2.05, 4.69) is 10.3 Å². The normalized spacial score (nSPS) is 10.6. The quantitative estimate of drug-likeness (QED) is 0.463. The van der Waals surface area contributed by atoms with E-state index in [1.165, 1.54) is 12.1 Å². The van der Waals surface area contributed by atoms with Gasteiger partial charge >= 0.3 is 0 Å². The van der Waals surface area contributed by atoms with E-state index < -0.39 is 10.8 Å². The molecule has 1 N–H and O–H groups in total. The van der Waals surface area contributed by atoms with E-state index in [1.54, 1.807) is 38.3 Å². The van der Waals surface area contributed by atoms with Crippen LogP contribution in [0, 0.1) is 17.0 Å². The Morgan fingerprint density at radius 2 is 2.12 bits per heavy atom. The predicted octanol–water partition coefficient (Wildman–Crippen LogP) is 3.36. The van der Waals surface area contributed by atoms with Crippen molar-refractivity contribution >= 4 is 23.5 Å². The highest BCUT2D eigenvalue weighted by atomic mass is 16.6. The number of methoxy groups -OCH3 is 1. The van der Waals surface area contributed by atoms with Gasteiger partial charge in [0.1, 0.15) is 12.0 Å². The lowest BCUT2D eigenvalue weighted by molar-refractivity contribution is -0.385. The van der Waals surface area contributed by atoms with E-state index in [9.17, 15) is 14.9 Å². The molecule has 0 aliphatic carbocycles. The number of nitrogens with one attached hydrogen (secondary N) is 1. The molecule has 26 heavy (non-hydrogen) atoms. The molecule has 1 aromatic heterocycles. The zero-order valence-electron chi connectivity index (χ0n) is 14.7. The fraction of sp³-hybridized carbons (Fsp3) is 0.222. The summed E-state index contributed by atoms with van der Waals surface area (Å²) in [5, 5.41) is 13.3. The second-order valence-electron chi connectivity index (χ2n) is 5.28. The van der Waals surface area contributed by atoms with Gasteiger partial charge in [0.15, 0.2) is 11.5 Å². The third kappa shape index (κ3) is 4.79. The van der Waals surface area contributed by atoms with Crippen molar-refractivity contribution in [2.75, 3.05) is 19.0 Å². The topological polar surface area (TPSA) is 104 Å². The lowest BCUT2D eigenvalue weighted by atomic mass is 10.2. The molecule has 8 nitrogen and oxygen atoms in total. The number of carbonyl (C=O) groups is 1. The molecule has 0 radical (unpaired) electrons. The predicted molar refractivity (Wildman–Crippen MR) is 97.5 cm³/mol. The first kappa shape index (κ1) is 18.9. The molecule has 0 bridgehead atoms. The molecule has 2 aromatic rings. The highest BCUT2D eigenvalue weighted by Crippen LogP contribution is 2.28. The maximum absolute atomic E-state index is 12.0. The number of carbonyl (C=O) groups excluding carboxylic acids is 1. The van der Waals surface area contributed by atoms with Crippen LogP contribution in [0.5, 0.6) is 11.5 Å². The van der Waals surface area contributed by atoms with Gasteiger partial charge in [0.2, 0.25) is 5.91 Å². The first-order chi connectivity index (χ1) is 12.4. The van der Waals surface area contributed by atoms with Gasteiger partial charge in [-0.3, -0.25) is 14.9 Å². The number of hydrogen-bond acceptors (Lipinski definition) is 6. The minimum atomic E-state index is -0.521. The van der Waals surface area contributed by atoms with E-state index >= 15 is 0 Å². The van der Waals surface area contributed by atoms with E-state index in [0.29, 0.717) is 23.7 Å². The number of rotatable bonds is 7. The van der Waals surface area contributed by atoms with Crippen LogP contribution in [0.1, 0.15) is 18.1 Å². The Kier molecular flexibility index (Phi) is 6.26. The molecule has 2 rings (SSSR count). The van der Waals surface area contributed by atoms with Crippen LogP contribution in [0.2, 0.25) is 0 Å². The van der Waals surface area contributed by atoms with Gasteiger partial charge in [-0.25, -0.2) is 4.98 Å². The maximum atomic E-state index is 12.0. The van der Waals surface area contributed by atoms with Crippen LogP contribution < -0.4 is 14.8 Å². The third-order valence-electron chi connectivity index (χ3n) is 3.45. The minimum Gasteiger partial charge on any atom is -0.493 e. The fourth-order valence-corrected chi connectivity index (χ4v) is 2.21. The van der Waals surface area contributed by atoms with E-state index in [0.717, 1.165) is 11.8 Å². The molecular weight excluding hydrogens is 338 g/mol. The monoisotopic (exact) mass is 357 g/mol. The summed E-state index contributed by atoms with van der Waals surface area (Å²) in [4.78, 5) is 26.1. The second kappa shape index (κ2) is 8.61. The lowest BCUT2D eigenvalue weighted by Crippen LogP contribution is -2.09. The van der Waals surface area contributed by atoms with Gasteiger partial charge in [0.05, 0.1) is 18.6 Å². The number of amides is 1. The molecule has 0 aliphatic heterocycles. The molecular formula is C18H19N3O5. The minimum absolute atomic E-state index is 0.0972. The fourth-order valence-electron chi connectivity index (χ4n) is 2.21. The molecule has 8 heteroatoms. The van der Waals surface area contributed by atoms with Crippen molar-refractivity contribution in [1.82, 2.24) is 4.98 Å². The van der Waals surface area contributed by atoms with Gasteiger partial charge in [0, 0.05) is 11.6 Å². The van der Waals surface area contributed by atoms with Gasteiger partial charge < -0.3 is 14.8 Å². The van der Waals surface area contributed by atoms with Crippen molar-refractivity contribution in [3.63, 3.8) is 0 Å². The number of hydrogen-bond donors (Lipinski definition) is 1. The summed E-state index contributed by atoms with van der Waals surface area (Å²) in [6, 6.07) is 6.76. The summed E-state index contributed by atoms with van der Waals surface area (Å²) in [6.45, 7) is 3.98. The first-order valence-electron chi connectivity index (χ1n) is 7.85. The molecule has 0 unspecified atom stereocenters. The number of pyridine rings is 1. The van der Waals surface area contributed by atoms with E-state index in [4.69, 9.17) is 9.47 Å². The molecule has 0 spiro atoms. The van der Waals surface area contributed by atoms with Crippen LogP contribution in [0.3, 0.4) is 0 Å². The van der Waals surface area contributed by atoms with Crippen LogP contribution >= 0.6 is 0 Å². The maximum Gasteiger partial charge on any atom is 0.290 e. The van der Waals surface area contributed by atoms with Crippen molar-refractivity contribution in [3.05, 3.63) is 57.8 Å². The van der Waals surface area contributed by atoms with Crippen molar-refractivity contribution in [3.8, 4) is 11.5 Å². The Morgan fingerprint density at radius 3 is 2.73 bits per heavy atom. The van der Waals surface area contributed by atoms with Gasteiger partial charge in [-0.2, -0.15) is 0 Å². The molecule has 136 valence electrons. The number of aryl methyl sites for hydroxylation is 1. The van der Waals surface area contributed by atoms with Gasteiger partial charge in [-0.15, -0.1) is 0 Å². The second-order valence-corrected chi connectivity index (χ2v) is 5.28. The average molecular weight is 357 g/mol. The molecule has 1 heterocycles. The van der Waals surface area contributed by atoms with Crippen molar-refractivity contribution in [2.45, 2.75) is 13.8 Å². The Balaban J connectivity index is 2.07. The van der Waals surface area contributed by atoms with E-state index in [-0.39, 0.29) is 11.5 Å². The van der Waals surface area contributed by atoms with Crippen molar-refractivity contribution < 1.29 is 19.2 Å². The number of aromatic nitrogens is 1. The standard InChI is InChI=1S/C18H19N3O5/c1-4-26-15-7-5-13(10-16(15)25-3)6-8-18(22)20-17-9-12(2)14(11-19-17)21(23)24/h5-11H,4H2,1-3H3,(H,19,20,22)/b8-6+. The van der Waals surface area contributed by atoms with E-state index in [1.807, 2.05) is 6.92 Å². The van der Waals surface area contributed by atoms with Gasteiger partial charge in [-0.1, -0.05) is 6.07 Å². The van der Waals surface area contributed by atoms with Crippen molar-refractivity contribution in [2.24, 2.45) is 0 Å². The number of nitrogens with zero attached hydrogens (tertiary/aromatic N) is 2. The Bertz CT molecular complexity index is 849. The summed E-state index contributed by atoms with van der Waals surface area (Å²) in [6.07, 6.45) is 4.07. The molecule has 0 fully saturated rings. The van der Waals surface area contributed by atoms with Crippen LogP contribution in [0.15, 0.2) is 36.5 Å². The number of anilines is 1. The Morgan fingerprint density at radius 1 is 1.35 bits per heavy atom. The molecule has 1 aromatic carbocycles. The van der Waals surface area contributed by atoms with Crippen molar-refractivity contribution in [1.29, 1.82) is 0 Å². The molecule has 0 saturated carbocycles. The zero-order chi connectivity index (χ0) is 19.1. The molecule has 0 aliphatic rings. The first-order valence-corrected chi connectivity index (χ1v) is 7.85. The summed E-state index contributed by atoms with van der Waals surface area (Å²) in [5.41, 5.74) is 1.08. The highest BCUT2D eigenvalue weighted by molar-refractivity contribution is 6.01. The summed E-state index contributed by atoms with van der Waals surface area (Å²) in [5.74, 6) is 1.04.